The maximum Gasteiger partial charge on any atom is 0.338 e. The highest BCUT2D eigenvalue weighted by atomic mass is 16.5. The van der Waals surface area contributed by atoms with Crippen LogP contribution in [0.15, 0.2) is 0 Å². The van der Waals surface area contributed by atoms with E-state index in [9.17, 15) is 9.59 Å². The van der Waals surface area contributed by atoms with Crippen molar-refractivity contribution in [2.45, 2.75) is 12.6 Å². The van der Waals surface area contributed by atoms with E-state index in [1.165, 1.54) is 0 Å². The highest BCUT2D eigenvalue weighted by molar-refractivity contribution is 6.03. The Labute approximate surface area is 93.2 Å². The number of carbonyl (C=O) groups is 2. The van der Waals surface area contributed by atoms with Crippen LogP contribution in [0.5, 0.6) is 0 Å². The number of hydrogen-bond acceptors (Lipinski definition) is 6. The van der Waals surface area contributed by atoms with Crippen molar-refractivity contribution in [2.24, 2.45) is 0 Å². The van der Waals surface area contributed by atoms with Crippen LogP contribution < -0.4 is 0 Å². The molecule has 0 aromatic carbocycles. The minimum atomic E-state index is -2.29. The molecular weight excluding hydrogens is 238 g/mol. The van der Waals surface area contributed by atoms with Gasteiger partial charge in [-0.1, -0.05) is 0 Å². The first kappa shape index (κ1) is 13.1. The number of H-pyrrole nitrogens is 1. The fraction of sp³-hybridized carbons (Fsp3) is 0.250. The average molecular weight is 247 g/mol. The van der Waals surface area contributed by atoms with Gasteiger partial charge in [-0.15, -0.1) is 0 Å². The number of rotatable bonds is 4. The molecule has 0 saturated heterocycles. The van der Waals surface area contributed by atoms with Gasteiger partial charge in [0.2, 0.25) is 0 Å². The van der Waals surface area contributed by atoms with Crippen LogP contribution in [0.2, 0.25) is 0 Å². The number of nitrogens with one attached hydrogen (secondary N) is 1. The van der Waals surface area contributed by atoms with Crippen molar-refractivity contribution < 1.29 is 40.2 Å². The molecule has 0 atom stereocenters. The van der Waals surface area contributed by atoms with Crippen molar-refractivity contribution in [3.8, 4) is 0 Å². The summed E-state index contributed by atoms with van der Waals surface area (Å²) in [5.74, 6) is -3.48. The smallest absolute Gasteiger partial charge is 0.338 e. The number of hydrogen-bond donors (Lipinski definition) is 7. The fourth-order valence-corrected chi connectivity index (χ4v) is 1.37. The van der Waals surface area contributed by atoms with E-state index in [0.29, 0.717) is 0 Å². The van der Waals surface area contributed by atoms with Gasteiger partial charge in [0.1, 0.15) is 11.1 Å². The highest BCUT2D eigenvalue weighted by Gasteiger charge is 2.31. The van der Waals surface area contributed by atoms with E-state index in [0.717, 1.165) is 0 Å². The first-order valence-corrected chi connectivity index (χ1v) is 4.22. The lowest BCUT2D eigenvalue weighted by atomic mass is 10.1. The Morgan fingerprint density at radius 2 is 1.12 bits per heavy atom. The van der Waals surface area contributed by atoms with E-state index in [2.05, 4.69) is 0 Å². The van der Waals surface area contributed by atoms with Crippen LogP contribution in [0.3, 0.4) is 0 Å². The summed E-state index contributed by atoms with van der Waals surface area (Å²) in [5.41, 5.74) is -3.35. The molecular formula is C8H9NO8. The molecule has 0 bridgehead atoms. The van der Waals surface area contributed by atoms with Crippen molar-refractivity contribution in [2.75, 3.05) is 0 Å². The third-order valence-electron chi connectivity index (χ3n) is 2.00. The van der Waals surface area contributed by atoms with Crippen molar-refractivity contribution in [1.29, 1.82) is 0 Å². The molecule has 9 heteroatoms. The molecule has 0 spiro atoms. The number of aromatic carboxylic acids is 2. The minimum absolute atomic E-state index is 0.738. The Hall–Kier alpha value is -1.94. The molecule has 0 fully saturated rings. The van der Waals surface area contributed by atoms with E-state index >= 15 is 0 Å². The molecule has 94 valence electrons. The summed E-state index contributed by atoms with van der Waals surface area (Å²) >= 11 is 0. The second-order valence-corrected chi connectivity index (χ2v) is 3.06. The number of carboxylic acid groups (broad SMARTS) is 2. The lowest BCUT2D eigenvalue weighted by Crippen LogP contribution is -2.11. The Balaban J connectivity index is 3.61. The summed E-state index contributed by atoms with van der Waals surface area (Å²) in [6, 6.07) is 0. The van der Waals surface area contributed by atoms with E-state index in [1.54, 1.807) is 0 Å². The predicted molar refractivity (Wildman–Crippen MR) is 49.1 cm³/mol. The van der Waals surface area contributed by atoms with Crippen molar-refractivity contribution in [3.63, 3.8) is 0 Å². The van der Waals surface area contributed by atoms with E-state index in [-0.39, 0.29) is 0 Å². The zero-order valence-corrected chi connectivity index (χ0v) is 8.15. The largest absolute Gasteiger partial charge is 0.478 e. The quantitative estimate of drug-likeness (QED) is 0.311. The molecule has 0 aliphatic rings. The van der Waals surface area contributed by atoms with E-state index < -0.39 is 47.0 Å². The second-order valence-electron chi connectivity index (χ2n) is 3.06. The maximum atomic E-state index is 10.8. The van der Waals surface area contributed by atoms with E-state index in [4.69, 9.17) is 30.6 Å². The predicted octanol–water partition coefficient (Wildman–Crippen LogP) is -1.62. The Kier molecular flexibility index (Phi) is 3.48. The zero-order chi connectivity index (χ0) is 13.3. The van der Waals surface area contributed by atoms with Crippen LogP contribution in [-0.2, 0) is 0 Å². The summed E-state index contributed by atoms with van der Waals surface area (Å²) in [5, 5.41) is 53.0. The van der Waals surface area contributed by atoms with Gasteiger partial charge < -0.3 is 35.6 Å². The van der Waals surface area contributed by atoms with Crippen LogP contribution in [-0.4, -0.2) is 47.6 Å². The monoisotopic (exact) mass is 247 g/mol. The van der Waals surface area contributed by atoms with E-state index in [1.807, 2.05) is 4.98 Å². The Bertz CT molecular complexity index is 420. The van der Waals surface area contributed by atoms with Gasteiger partial charge in [-0.05, 0) is 0 Å². The number of aromatic amines is 1. The molecule has 17 heavy (non-hydrogen) atoms. The van der Waals surface area contributed by atoms with Crippen LogP contribution in [0.25, 0.3) is 0 Å². The summed E-state index contributed by atoms with van der Waals surface area (Å²) in [6.45, 7) is 0. The molecule has 1 rings (SSSR count). The highest BCUT2D eigenvalue weighted by Crippen LogP contribution is 2.26. The van der Waals surface area contributed by atoms with Gasteiger partial charge in [-0.25, -0.2) is 9.59 Å². The third kappa shape index (κ3) is 2.26. The topological polar surface area (TPSA) is 171 Å². The van der Waals surface area contributed by atoms with Gasteiger partial charge in [0.15, 0.2) is 12.6 Å². The van der Waals surface area contributed by atoms with Gasteiger partial charge in [-0.2, -0.15) is 0 Å². The minimum Gasteiger partial charge on any atom is -0.478 e. The molecule has 1 aromatic heterocycles. The molecule has 1 aromatic rings. The zero-order valence-electron chi connectivity index (χ0n) is 8.15. The summed E-state index contributed by atoms with van der Waals surface area (Å²) in [7, 11) is 0. The van der Waals surface area contributed by atoms with Crippen molar-refractivity contribution in [3.05, 3.63) is 22.5 Å². The van der Waals surface area contributed by atoms with Crippen LogP contribution in [0.1, 0.15) is 44.7 Å². The second kappa shape index (κ2) is 4.51. The third-order valence-corrected chi connectivity index (χ3v) is 2.00. The Morgan fingerprint density at radius 3 is 1.29 bits per heavy atom. The number of aliphatic hydroxyl groups is 4. The van der Waals surface area contributed by atoms with Gasteiger partial charge in [-0.3, -0.25) is 0 Å². The lowest BCUT2D eigenvalue weighted by Gasteiger charge is -2.02. The normalized spacial score (nSPS) is 11.2. The number of aliphatic hydroxyl groups excluding tert-OH is 2. The molecule has 9 nitrogen and oxygen atoms in total. The SMILES string of the molecule is O=C(O)c1c(C(O)O)[nH]c(C(O)O)c1C(=O)O. The number of carboxylic acids is 2. The summed E-state index contributed by atoms with van der Waals surface area (Å²) < 4.78 is 0. The van der Waals surface area contributed by atoms with Gasteiger partial charge in [0.05, 0.1) is 11.4 Å². The molecule has 0 aliphatic heterocycles. The van der Waals surface area contributed by atoms with Gasteiger partial charge in [0, 0.05) is 0 Å². The molecule has 0 radical (unpaired) electrons. The standard InChI is InChI=1S/C8H9NO8/c10-5(11)1-2(6(12)13)4(8(16)17)9-3(1)7(14)15/h7-9,14-17H,(H,10,11)(H,12,13). The first-order valence-electron chi connectivity index (χ1n) is 4.22. The van der Waals surface area contributed by atoms with Crippen LogP contribution in [0.4, 0.5) is 0 Å². The molecule has 0 amide bonds. The molecule has 0 unspecified atom stereocenters. The molecule has 7 N–H and O–H groups in total. The fourth-order valence-electron chi connectivity index (χ4n) is 1.37. The van der Waals surface area contributed by atoms with Gasteiger partial charge >= 0.3 is 11.9 Å². The molecule has 0 aliphatic carbocycles. The summed E-state index contributed by atoms with van der Waals surface area (Å²) in [6.07, 6.45) is -4.57. The molecule has 0 saturated carbocycles. The lowest BCUT2D eigenvalue weighted by molar-refractivity contribution is -0.0525. The van der Waals surface area contributed by atoms with Crippen LogP contribution >= 0.6 is 0 Å². The summed E-state index contributed by atoms with van der Waals surface area (Å²) in [4.78, 5) is 23.6. The van der Waals surface area contributed by atoms with Crippen molar-refractivity contribution >= 4 is 11.9 Å². The average Bonchev–Trinajstić information content (AvgIpc) is 2.56. The number of aromatic nitrogens is 1. The first-order chi connectivity index (χ1) is 7.77. The van der Waals surface area contributed by atoms with Crippen LogP contribution in [0, 0.1) is 0 Å². The van der Waals surface area contributed by atoms with Crippen molar-refractivity contribution in [1.82, 2.24) is 4.98 Å². The molecule has 1 heterocycles. The van der Waals surface area contributed by atoms with Gasteiger partial charge in [0.25, 0.3) is 0 Å². The maximum absolute atomic E-state index is 10.8. The Morgan fingerprint density at radius 1 is 0.824 bits per heavy atom.